The van der Waals surface area contributed by atoms with Crippen LogP contribution in [0.4, 0.5) is 0 Å². The second-order valence-corrected chi connectivity index (χ2v) is 5.04. The predicted molar refractivity (Wildman–Crippen MR) is 80.8 cm³/mol. The maximum absolute atomic E-state index is 5.60. The number of aromatic amines is 1. The van der Waals surface area contributed by atoms with Gasteiger partial charge in [0.05, 0.1) is 11.0 Å². The molecule has 1 aliphatic heterocycles. The third-order valence-corrected chi connectivity index (χ3v) is 3.83. The number of para-hydroxylation sites is 2. The molecule has 3 N–H and O–H groups in total. The van der Waals surface area contributed by atoms with Gasteiger partial charge in [-0.2, -0.15) is 0 Å². The van der Waals surface area contributed by atoms with Crippen molar-refractivity contribution in [1.82, 2.24) is 14.9 Å². The van der Waals surface area contributed by atoms with Gasteiger partial charge >= 0.3 is 0 Å². The summed E-state index contributed by atoms with van der Waals surface area (Å²) in [5.74, 6) is 1.73. The number of nitrogens with two attached hydrogens (primary N) is 1. The van der Waals surface area contributed by atoms with Crippen molar-refractivity contribution in [3.63, 3.8) is 0 Å². The molecule has 1 saturated heterocycles. The van der Waals surface area contributed by atoms with Gasteiger partial charge in [-0.05, 0) is 38.1 Å². The molecule has 5 heteroatoms. The first-order valence-corrected chi connectivity index (χ1v) is 6.74. The van der Waals surface area contributed by atoms with Crippen molar-refractivity contribution in [1.29, 1.82) is 0 Å². The number of H-pyrrole nitrogens is 1. The number of nitrogens with zero attached hydrogens (tertiary/aromatic N) is 2. The van der Waals surface area contributed by atoms with Gasteiger partial charge in [0.15, 0.2) is 0 Å². The highest BCUT2D eigenvalue weighted by Crippen LogP contribution is 2.27. The Kier molecular flexibility index (Phi) is 4.80. The zero-order valence-electron chi connectivity index (χ0n) is 11.0. The van der Waals surface area contributed by atoms with Gasteiger partial charge in [-0.25, -0.2) is 4.98 Å². The Balaban J connectivity index is 0.00000133. The smallest absolute Gasteiger partial charge is 0.110 e. The largest absolute Gasteiger partial charge is 0.342 e. The van der Waals surface area contributed by atoms with E-state index in [0.29, 0.717) is 5.92 Å². The summed E-state index contributed by atoms with van der Waals surface area (Å²) in [6.07, 6.45) is 2.36. The zero-order chi connectivity index (χ0) is 12.4. The molecule has 0 bridgehead atoms. The summed E-state index contributed by atoms with van der Waals surface area (Å²) in [4.78, 5) is 10.6. The highest BCUT2D eigenvalue weighted by molar-refractivity contribution is 5.85. The van der Waals surface area contributed by atoms with E-state index in [-0.39, 0.29) is 12.4 Å². The SMILES string of the molecule is Cl.NCCN1CCC(c2nc3ccccc3[nH]2)CC1. The maximum atomic E-state index is 5.60. The lowest BCUT2D eigenvalue weighted by Gasteiger charge is -2.30. The highest BCUT2D eigenvalue weighted by atomic mass is 35.5. The van der Waals surface area contributed by atoms with Crippen LogP contribution in [-0.4, -0.2) is 41.0 Å². The highest BCUT2D eigenvalue weighted by Gasteiger charge is 2.22. The van der Waals surface area contributed by atoms with Crippen LogP contribution in [0.2, 0.25) is 0 Å². The number of hydrogen-bond donors (Lipinski definition) is 2. The Morgan fingerprint density at radius 3 is 2.68 bits per heavy atom. The number of piperidine rings is 1. The molecule has 1 aromatic carbocycles. The summed E-state index contributed by atoms with van der Waals surface area (Å²) in [5.41, 5.74) is 7.83. The zero-order valence-corrected chi connectivity index (χ0v) is 11.8. The number of aromatic nitrogens is 2. The standard InChI is InChI=1S/C14H20N4.ClH/c15-7-10-18-8-5-11(6-9-18)14-16-12-3-1-2-4-13(12)17-14;/h1-4,11H,5-10,15H2,(H,16,17);1H. The van der Waals surface area contributed by atoms with E-state index >= 15 is 0 Å². The van der Waals surface area contributed by atoms with E-state index in [4.69, 9.17) is 10.7 Å². The average molecular weight is 281 g/mol. The number of nitrogens with one attached hydrogen (secondary N) is 1. The molecule has 0 amide bonds. The van der Waals surface area contributed by atoms with Gasteiger partial charge in [0.2, 0.25) is 0 Å². The van der Waals surface area contributed by atoms with Crippen LogP contribution in [0.1, 0.15) is 24.6 Å². The van der Waals surface area contributed by atoms with Crippen LogP contribution >= 0.6 is 12.4 Å². The van der Waals surface area contributed by atoms with Crippen LogP contribution < -0.4 is 5.73 Å². The molecule has 19 heavy (non-hydrogen) atoms. The normalized spacial score (nSPS) is 17.5. The van der Waals surface area contributed by atoms with Crippen molar-refractivity contribution >= 4 is 23.4 Å². The van der Waals surface area contributed by atoms with Gasteiger partial charge in [-0.15, -0.1) is 12.4 Å². The van der Waals surface area contributed by atoms with Crippen molar-refractivity contribution < 1.29 is 0 Å². The number of imidazole rings is 1. The summed E-state index contributed by atoms with van der Waals surface area (Å²) >= 11 is 0. The van der Waals surface area contributed by atoms with E-state index in [1.54, 1.807) is 0 Å². The molecule has 1 aromatic heterocycles. The Labute approximate surface area is 119 Å². The molecule has 104 valence electrons. The lowest BCUT2D eigenvalue weighted by atomic mass is 9.96. The Morgan fingerprint density at radius 2 is 2.00 bits per heavy atom. The number of hydrogen-bond acceptors (Lipinski definition) is 3. The number of rotatable bonds is 3. The van der Waals surface area contributed by atoms with Crippen LogP contribution in [0.3, 0.4) is 0 Å². The molecule has 0 saturated carbocycles. The summed E-state index contributed by atoms with van der Waals surface area (Å²) in [6.45, 7) is 4.06. The second kappa shape index (κ2) is 6.37. The van der Waals surface area contributed by atoms with Gasteiger partial charge in [-0.3, -0.25) is 0 Å². The molecule has 0 radical (unpaired) electrons. The fourth-order valence-electron chi connectivity index (χ4n) is 2.78. The van der Waals surface area contributed by atoms with Crippen LogP contribution in [0, 0.1) is 0 Å². The lowest BCUT2D eigenvalue weighted by Crippen LogP contribution is -2.36. The van der Waals surface area contributed by atoms with Gasteiger partial charge in [0.1, 0.15) is 5.82 Å². The minimum Gasteiger partial charge on any atom is -0.342 e. The van der Waals surface area contributed by atoms with E-state index in [9.17, 15) is 0 Å². The molecule has 2 aromatic rings. The van der Waals surface area contributed by atoms with Gasteiger partial charge < -0.3 is 15.6 Å². The van der Waals surface area contributed by atoms with Crippen LogP contribution in [0.15, 0.2) is 24.3 Å². The Hall–Kier alpha value is -1.10. The molecule has 0 spiro atoms. The summed E-state index contributed by atoms with van der Waals surface area (Å²) in [7, 11) is 0. The number of likely N-dealkylation sites (tertiary alicyclic amines) is 1. The molecule has 4 nitrogen and oxygen atoms in total. The van der Waals surface area contributed by atoms with Crippen molar-refractivity contribution in [2.24, 2.45) is 5.73 Å². The van der Waals surface area contributed by atoms with Crippen LogP contribution in [-0.2, 0) is 0 Å². The summed E-state index contributed by atoms with van der Waals surface area (Å²) in [6, 6.07) is 8.25. The first kappa shape index (κ1) is 14.3. The van der Waals surface area contributed by atoms with Crippen molar-refractivity contribution in [2.75, 3.05) is 26.2 Å². The van der Waals surface area contributed by atoms with E-state index in [2.05, 4.69) is 22.0 Å². The Bertz CT molecular complexity index is 484. The van der Waals surface area contributed by atoms with Crippen LogP contribution in [0.25, 0.3) is 11.0 Å². The number of halogens is 1. The first-order valence-electron chi connectivity index (χ1n) is 6.74. The molecule has 1 aliphatic rings. The van der Waals surface area contributed by atoms with E-state index in [1.807, 2.05) is 12.1 Å². The number of benzene rings is 1. The molecular weight excluding hydrogens is 260 g/mol. The second-order valence-electron chi connectivity index (χ2n) is 5.04. The minimum absolute atomic E-state index is 0. The van der Waals surface area contributed by atoms with Gasteiger partial charge in [0, 0.05) is 19.0 Å². The van der Waals surface area contributed by atoms with Crippen molar-refractivity contribution in [2.45, 2.75) is 18.8 Å². The topological polar surface area (TPSA) is 57.9 Å². The maximum Gasteiger partial charge on any atom is 0.110 e. The van der Waals surface area contributed by atoms with E-state index < -0.39 is 0 Å². The lowest BCUT2D eigenvalue weighted by molar-refractivity contribution is 0.215. The Morgan fingerprint density at radius 1 is 1.26 bits per heavy atom. The fourth-order valence-corrected chi connectivity index (χ4v) is 2.78. The van der Waals surface area contributed by atoms with Crippen molar-refractivity contribution in [3.05, 3.63) is 30.1 Å². The minimum atomic E-state index is 0. The van der Waals surface area contributed by atoms with Gasteiger partial charge in [0.25, 0.3) is 0 Å². The molecule has 0 atom stereocenters. The van der Waals surface area contributed by atoms with E-state index in [1.165, 1.54) is 12.8 Å². The molecule has 1 fully saturated rings. The van der Waals surface area contributed by atoms with E-state index in [0.717, 1.165) is 43.0 Å². The third kappa shape index (κ3) is 3.08. The monoisotopic (exact) mass is 280 g/mol. The first-order chi connectivity index (χ1) is 8.86. The third-order valence-electron chi connectivity index (χ3n) is 3.83. The van der Waals surface area contributed by atoms with Crippen LogP contribution in [0.5, 0.6) is 0 Å². The molecular formula is C14H21ClN4. The summed E-state index contributed by atoms with van der Waals surface area (Å²) < 4.78 is 0. The quantitative estimate of drug-likeness (QED) is 0.905. The summed E-state index contributed by atoms with van der Waals surface area (Å²) in [5, 5.41) is 0. The average Bonchev–Trinajstić information content (AvgIpc) is 2.84. The predicted octanol–water partition coefficient (Wildman–Crippen LogP) is 2.12. The van der Waals surface area contributed by atoms with Gasteiger partial charge in [-0.1, -0.05) is 12.1 Å². The molecule has 2 heterocycles. The fraction of sp³-hybridized carbons (Fsp3) is 0.500. The molecule has 0 unspecified atom stereocenters. The molecule has 3 rings (SSSR count). The van der Waals surface area contributed by atoms with Crippen molar-refractivity contribution in [3.8, 4) is 0 Å². The number of fused-ring (bicyclic) bond motifs is 1. The molecule has 0 aliphatic carbocycles.